The molecule has 0 radical (unpaired) electrons. The zero-order valence-electron chi connectivity index (χ0n) is 42.4. The molecule has 0 heterocycles. The summed E-state index contributed by atoms with van der Waals surface area (Å²) in [5.74, 6) is 0.0839. The maximum absolute atomic E-state index is 4.99. The molecule has 0 amide bonds. The Labute approximate surface area is 417 Å². The molecule has 0 saturated heterocycles. The van der Waals surface area contributed by atoms with Crippen molar-refractivity contribution in [3.63, 3.8) is 0 Å². The van der Waals surface area contributed by atoms with Crippen LogP contribution in [0.1, 0.15) is 104 Å². The van der Waals surface area contributed by atoms with Gasteiger partial charge in [-0.05, 0) is 158 Å². The quantitative estimate of drug-likeness (QED) is 0.142. The third-order valence-corrected chi connectivity index (χ3v) is 14.7. The SMILES string of the molecule is C=C/C=c1/c(-c2cccc(C3=C4C=CC=CC4C(N(c4ccc(C)cc4)c4ccc(C(C)(C)C)cc4)c4ccccc43)c2)c2c(c(N(c3ccc(C)cc3)c3ccc(C(C)(C)C)cc3)c1=C)C=CCC2. The van der Waals surface area contributed by atoms with Crippen molar-refractivity contribution in [1.29, 1.82) is 0 Å². The smallest absolute Gasteiger partial charge is 0.0701 e. The average Bonchev–Trinajstić information content (AvgIpc) is 3.36. The van der Waals surface area contributed by atoms with Crippen LogP contribution >= 0.6 is 0 Å². The van der Waals surface area contributed by atoms with Crippen molar-refractivity contribution in [2.24, 2.45) is 5.92 Å². The van der Waals surface area contributed by atoms with Gasteiger partial charge < -0.3 is 9.80 Å². The van der Waals surface area contributed by atoms with Crippen LogP contribution in [0.3, 0.4) is 0 Å². The van der Waals surface area contributed by atoms with Gasteiger partial charge in [0.05, 0.1) is 11.7 Å². The van der Waals surface area contributed by atoms with E-state index in [0.29, 0.717) is 0 Å². The number of nitrogens with zero attached hydrogens (tertiary/aromatic N) is 2. The van der Waals surface area contributed by atoms with Crippen LogP contribution in [0.15, 0.2) is 194 Å². The molecule has 3 aliphatic rings. The van der Waals surface area contributed by atoms with Crippen molar-refractivity contribution >= 4 is 52.7 Å². The summed E-state index contributed by atoms with van der Waals surface area (Å²) in [4.78, 5) is 5.01. The number of benzene rings is 7. The first-order chi connectivity index (χ1) is 33.7. The Kier molecular flexibility index (Phi) is 12.2. The van der Waals surface area contributed by atoms with E-state index in [0.717, 1.165) is 40.3 Å². The Morgan fingerprint density at radius 2 is 1.19 bits per heavy atom. The fraction of sp³-hybridized carbons (Fsp3) is 0.206. The Morgan fingerprint density at radius 3 is 1.80 bits per heavy atom. The summed E-state index contributed by atoms with van der Waals surface area (Å²) in [6, 6.07) is 54.8. The second kappa shape index (κ2) is 18.5. The van der Waals surface area contributed by atoms with E-state index >= 15 is 0 Å². The standard InChI is InChI=1S/C68H66N2/c1-11-19-56-47(4)65(69(52-36-28-45(2)29-37-52)54-40-32-50(33-41-54)67(5,6)7)60-25-15-12-22-57(60)63(56)48-20-18-21-49(44-48)64-58-23-13-16-26-61(58)66(62-27-17-14-24-59(62)64)70(53-38-30-46(3)31-39-53)55-42-34-51(35-43-55)68(8,9)10/h11,13-21,23-44,61,66H,1,4,12,22H2,2-3,5-10H3/b56-19+. The normalized spacial score (nSPS) is 16.4. The van der Waals surface area contributed by atoms with E-state index in [4.69, 9.17) is 6.58 Å². The molecule has 3 aliphatic carbocycles. The lowest BCUT2D eigenvalue weighted by atomic mass is 9.71. The van der Waals surface area contributed by atoms with Crippen LogP contribution in [0.25, 0.3) is 35.4 Å². The minimum atomic E-state index is 0.0116. The molecule has 0 aromatic heterocycles. The molecule has 2 atom stereocenters. The predicted molar refractivity (Wildman–Crippen MR) is 302 cm³/mol. The summed E-state index contributed by atoms with van der Waals surface area (Å²) < 4.78 is 0. The van der Waals surface area contributed by atoms with Gasteiger partial charge in [0.2, 0.25) is 0 Å². The van der Waals surface area contributed by atoms with E-state index < -0.39 is 0 Å². The van der Waals surface area contributed by atoms with Crippen LogP contribution in [0.4, 0.5) is 28.4 Å². The molecule has 2 heteroatoms. The van der Waals surface area contributed by atoms with E-state index in [-0.39, 0.29) is 22.8 Å². The third kappa shape index (κ3) is 8.55. The van der Waals surface area contributed by atoms with Crippen molar-refractivity contribution < 1.29 is 0 Å². The molecule has 7 aromatic carbocycles. The highest BCUT2D eigenvalue weighted by molar-refractivity contribution is 5.93. The van der Waals surface area contributed by atoms with Crippen molar-refractivity contribution in [1.82, 2.24) is 0 Å². The Hall–Kier alpha value is -7.42. The lowest BCUT2D eigenvalue weighted by Gasteiger charge is -2.44. The van der Waals surface area contributed by atoms with E-state index in [1.54, 1.807) is 0 Å². The molecule has 2 unspecified atom stereocenters. The van der Waals surface area contributed by atoms with Gasteiger partial charge in [-0.2, -0.15) is 0 Å². The van der Waals surface area contributed by atoms with Crippen LogP contribution in [-0.4, -0.2) is 0 Å². The zero-order valence-corrected chi connectivity index (χ0v) is 42.4. The highest BCUT2D eigenvalue weighted by Gasteiger charge is 2.39. The van der Waals surface area contributed by atoms with Gasteiger partial charge in [-0.3, -0.25) is 0 Å². The number of hydrogen-bond acceptors (Lipinski definition) is 2. The lowest BCUT2D eigenvalue weighted by molar-refractivity contribution is 0.571. The zero-order chi connectivity index (χ0) is 48.9. The van der Waals surface area contributed by atoms with Gasteiger partial charge in [0.1, 0.15) is 0 Å². The number of aryl methyl sites for hydroxylation is 2. The van der Waals surface area contributed by atoms with Crippen LogP contribution in [0, 0.1) is 19.8 Å². The first-order valence-corrected chi connectivity index (χ1v) is 25.1. The van der Waals surface area contributed by atoms with Gasteiger partial charge >= 0.3 is 0 Å². The van der Waals surface area contributed by atoms with Gasteiger partial charge in [0.25, 0.3) is 0 Å². The van der Waals surface area contributed by atoms with Crippen molar-refractivity contribution in [2.45, 2.75) is 85.1 Å². The molecule has 10 rings (SSSR count). The first kappa shape index (κ1) is 46.3. The molecular weight excluding hydrogens is 845 g/mol. The molecule has 2 nitrogen and oxygen atoms in total. The summed E-state index contributed by atoms with van der Waals surface area (Å²) in [6.07, 6.45) is 19.9. The highest BCUT2D eigenvalue weighted by Crippen LogP contribution is 2.52. The topological polar surface area (TPSA) is 6.48 Å². The minimum absolute atomic E-state index is 0.0116. The summed E-state index contributed by atoms with van der Waals surface area (Å²) >= 11 is 0. The number of allylic oxidation sites excluding steroid dienone is 5. The summed E-state index contributed by atoms with van der Waals surface area (Å²) in [5.41, 5.74) is 22.3. The highest BCUT2D eigenvalue weighted by atomic mass is 15.2. The fourth-order valence-corrected chi connectivity index (χ4v) is 11.0. The number of hydrogen-bond donors (Lipinski definition) is 0. The molecule has 7 aromatic rings. The molecule has 0 aliphatic heterocycles. The molecular formula is C68H66N2. The maximum atomic E-state index is 4.99. The Bertz CT molecular complexity index is 3360. The van der Waals surface area contributed by atoms with Crippen molar-refractivity contribution in [3.8, 4) is 11.1 Å². The summed E-state index contributed by atoms with van der Waals surface area (Å²) in [7, 11) is 0. The third-order valence-electron chi connectivity index (χ3n) is 14.7. The molecule has 0 spiro atoms. The number of anilines is 5. The van der Waals surface area contributed by atoms with Crippen LogP contribution in [-0.2, 0) is 17.3 Å². The van der Waals surface area contributed by atoms with Crippen LogP contribution in [0.2, 0.25) is 0 Å². The largest absolute Gasteiger partial charge is 0.333 e. The molecule has 348 valence electrons. The summed E-state index contributed by atoms with van der Waals surface area (Å²) in [6.45, 7) is 27.3. The van der Waals surface area contributed by atoms with Crippen LogP contribution in [0.5, 0.6) is 0 Å². The minimum Gasteiger partial charge on any atom is -0.333 e. The second-order valence-corrected chi connectivity index (χ2v) is 21.5. The van der Waals surface area contributed by atoms with E-state index in [1.165, 1.54) is 83.7 Å². The van der Waals surface area contributed by atoms with E-state index in [9.17, 15) is 0 Å². The molecule has 0 saturated carbocycles. The fourth-order valence-electron chi connectivity index (χ4n) is 11.0. The Balaban J connectivity index is 1.16. The summed E-state index contributed by atoms with van der Waals surface area (Å²) in [5, 5.41) is 2.08. The van der Waals surface area contributed by atoms with E-state index in [2.05, 4.69) is 260 Å². The Morgan fingerprint density at radius 1 is 0.614 bits per heavy atom. The predicted octanol–water partition coefficient (Wildman–Crippen LogP) is 16.8. The van der Waals surface area contributed by atoms with Gasteiger partial charge in [-0.25, -0.2) is 0 Å². The van der Waals surface area contributed by atoms with Gasteiger partial charge in [0, 0.05) is 34.2 Å². The first-order valence-electron chi connectivity index (χ1n) is 25.1. The molecule has 0 N–H and O–H groups in total. The van der Waals surface area contributed by atoms with Gasteiger partial charge in [0.15, 0.2) is 0 Å². The van der Waals surface area contributed by atoms with Crippen molar-refractivity contribution in [2.75, 3.05) is 9.80 Å². The molecule has 0 fully saturated rings. The van der Waals surface area contributed by atoms with Crippen LogP contribution < -0.4 is 20.2 Å². The number of rotatable bonds is 9. The maximum Gasteiger partial charge on any atom is 0.0701 e. The second-order valence-electron chi connectivity index (χ2n) is 21.5. The van der Waals surface area contributed by atoms with Gasteiger partial charge in [-0.15, -0.1) is 0 Å². The monoisotopic (exact) mass is 911 g/mol. The number of fused-ring (bicyclic) bond motifs is 3. The molecule has 70 heavy (non-hydrogen) atoms. The molecule has 0 bridgehead atoms. The van der Waals surface area contributed by atoms with E-state index in [1.807, 2.05) is 6.08 Å². The lowest BCUT2D eigenvalue weighted by Crippen LogP contribution is -2.34. The van der Waals surface area contributed by atoms with Gasteiger partial charge in [-0.1, -0.05) is 205 Å². The van der Waals surface area contributed by atoms with Crippen molar-refractivity contribution in [3.05, 3.63) is 255 Å². The average molecular weight is 911 g/mol.